The highest BCUT2D eigenvalue weighted by molar-refractivity contribution is 5.84. The van der Waals surface area contributed by atoms with Gasteiger partial charge in [0.1, 0.15) is 0 Å². The quantitative estimate of drug-likeness (QED) is 0.700. The van der Waals surface area contributed by atoms with Crippen molar-refractivity contribution >= 4 is 12.0 Å². The summed E-state index contributed by atoms with van der Waals surface area (Å²) in [6, 6.07) is 22.3. The normalized spacial score (nSPS) is 29.9. The molecule has 4 atom stereocenters. The smallest absolute Gasteiger partial charge is 0.313 e. The minimum atomic E-state index is -1.40. The molecule has 5 heteroatoms. The Bertz CT molecular complexity index is 1140. The summed E-state index contributed by atoms with van der Waals surface area (Å²) in [6.07, 6.45) is 2.54. The number of fused-ring (bicyclic) bond motifs is 1. The molecule has 1 unspecified atom stereocenters. The van der Waals surface area contributed by atoms with Gasteiger partial charge in [0.2, 0.25) is 0 Å². The van der Waals surface area contributed by atoms with E-state index in [1.807, 2.05) is 60.7 Å². The van der Waals surface area contributed by atoms with Gasteiger partial charge in [0.25, 0.3) is 0 Å². The van der Waals surface area contributed by atoms with E-state index in [0.29, 0.717) is 25.2 Å². The number of carbonyl (C=O) groups is 1. The summed E-state index contributed by atoms with van der Waals surface area (Å²) in [5.41, 5.74) is 1.15. The fourth-order valence-corrected chi connectivity index (χ4v) is 6.36. The van der Waals surface area contributed by atoms with Gasteiger partial charge in [0.15, 0.2) is 5.41 Å². The van der Waals surface area contributed by atoms with Gasteiger partial charge in [-0.15, -0.1) is 0 Å². The van der Waals surface area contributed by atoms with Gasteiger partial charge in [-0.1, -0.05) is 60.7 Å². The zero-order valence-corrected chi connectivity index (χ0v) is 17.2. The highest BCUT2D eigenvalue weighted by atomic mass is 16.5. The van der Waals surface area contributed by atoms with Crippen LogP contribution in [0.4, 0.5) is 0 Å². The van der Waals surface area contributed by atoms with Crippen LogP contribution in [-0.2, 0) is 19.7 Å². The van der Waals surface area contributed by atoms with Gasteiger partial charge >= 0.3 is 5.97 Å². The summed E-state index contributed by atoms with van der Waals surface area (Å²) >= 11 is 0. The van der Waals surface area contributed by atoms with Crippen LogP contribution in [0.2, 0.25) is 0 Å². The van der Waals surface area contributed by atoms with Crippen LogP contribution in [0.25, 0.3) is 6.08 Å². The number of hydrogen-bond acceptors (Lipinski definition) is 5. The zero-order valence-electron chi connectivity index (χ0n) is 17.2. The van der Waals surface area contributed by atoms with Crippen molar-refractivity contribution in [3.63, 3.8) is 0 Å². The van der Waals surface area contributed by atoms with Crippen molar-refractivity contribution in [2.45, 2.75) is 17.8 Å². The van der Waals surface area contributed by atoms with E-state index >= 15 is 0 Å². The summed E-state index contributed by atoms with van der Waals surface area (Å²) in [6.45, 7) is 0.828. The topological polar surface area (TPSA) is 83.1 Å². The van der Waals surface area contributed by atoms with E-state index in [1.54, 1.807) is 0 Å². The third-order valence-corrected chi connectivity index (χ3v) is 7.53. The molecular formula is C26H22N2O3. The van der Waals surface area contributed by atoms with E-state index in [2.05, 4.69) is 12.1 Å². The maximum atomic E-state index is 13.2. The molecule has 1 aliphatic heterocycles. The zero-order chi connectivity index (χ0) is 21.6. The van der Waals surface area contributed by atoms with E-state index in [4.69, 9.17) is 9.47 Å². The number of esters is 1. The van der Waals surface area contributed by atoms with Crippen LogP contribution in [-0.4, -0.2) is 26.3 Å². The first kappa shape index (κ1) is 19.5. The van der Waals surface area contributed by atoms with Gasteiger partial charge in [-0.25, -0.2) is 0 Å². The minimum absolute atomic E-state index is 0.202. The predicted molar refractivity (Wildman–Crippen MR) is 113 cm³/mol. The Morgan fingerprint density at radius 3 is 2.52 bits per heavy atom. The van der Waals surface area contributed by atoms with Gasteiger partial charge in [0, 0.05) is 23.9 Å². The Labute approximate surface area is 181 Å². The molecule has 1 heterocycles. The minimum Gasteiger partial charge on any atom is -0.469 e. The summed E-state index contributed by atoms with van der Waals surface area (Å²) in [4.78, 5) is 13.2. The van der Waals surface area contributed by atoms with E-state index in [1.165, 1.54) is 7.11 Å². The second-order valence-electron chi connectivity index (χ2n) is 8.50. The number of hydrogen-bond donors (Lipinski definition) is 0. The van der Waals surface area contributed by atoms with E-state index < -0.39 is 16.7 Å². The van der Waals surface area contributed by atoms with Crippen LogP contribution in [0, 0.1) is 39.9 Å². The number of rotatable bonds is 2. The van der Waals surface area contributed by atoms with Crippen molar-refractivity contribution in [1.82, 2.24) is 0 Å². The fraction of sp³-hybridized carbons (Fsp3) is 0.346. The average molecular weight is 410 g/mol. The molecule has 154 valence electrons. The molecule has 0 amide bonds. The molecule has 0 N–H and O–H groups in total. The molecule has 0 bridgehead atoms. The number of nitrogens with zero attached hydrogens (tertiary/aromatic N) is 2. The lowest BCUT2D eigenvalue weighted by molar-refractivity contribution is -0.144. The molecule has 2 aromatic rings. The second-order valence-corrected chi connectivity index (χ2v) is 8.50. The maximum absolute atomic E-state index is 13.2. The van der Waals surface area contributed by atoms with E-state index in [0.717, 1.165) is 16.7 Å². The number of methoxy groups -OCH3 is 1. The van der Waals surface area contributed by atoms with Gasteiger partial charge in [-0.3, -0.25) is 4.79 Å². The number of benzene rings is 2. The van der Waals surface area contributed by atoms with E-state index in [-0.39, 0.29) is 17.8 Å². The first-order chi connectivity index (χ1) is 15.1. The third kappa shape index (κ3) is 2.36. The highest BCUT2D eigenvalue weighted by Gasteiger charge is 2.71. The van der Waals surface area contributed by atoms with Gasteiger partial charge in [-0.2, -0.15) is 10.5 Å². The second kappa shape index (κ2) is 7.08. The first-order valence-corrected chi connectivity index (χ1v) is 10.5. The largest absolute Gasteiger partial charge is 0.469 e. The summed E-state index contributed by atoms with van der Waals surface area (Å²) in [5.74, 6) is -1.35. The molecule has 1 saturated carbocycles. The maximum Gasteiger partial charge on any atom is 0.313 e. The number of ether oxygens (including phenoxy) is 2. The Morgan fingerprint density at radius 1 is 1.10 bits per heavy atom. The number of carbonyl (C=O) groups excluding carboxylic acids is 1. The molecule has 0 radical (unpaired) electrons. The Morgan fingerprint density at radius 2 is 1.81 bits per heavy atom. The molecule has 1 saturated heterocycles. The lowest BCUT2D eigenvalue weighted by atomic mass is 9.50. The molecule has 2 fully saturated rings. The van der Waals surface area contributed by atoms with Crippen LogP contribution < -0.4 is 0 Å². The molecule has 3 aliphatic rings. The lowest BCUT2D eigenvalue weighted by Gasteiger charge is -2.50. The molecule has 0 aromatic heterocycles. The third-order valence-electron chi connectivity index (χ3n) is 7.53. The SMILES string of the molecule is COC(=O)[C@@H]1C2=Cc3ccccc3C(C#N)(C#N)C23CCOC[C@@H]3[C@H]1c1ccccc1. The van der Waals surface area contributed by atoms with Crippen molar-refractivity contribution in [1.29, 1.82) is 10.5 Å². The van der Waals surface area contributed by atoms with Crippen molar-refractivity contribution in [3.05, 3.63) is 76.9 Å². The fourth-order valence-electron chi connectivity index (χ4n) is 6.36. The monoisotopic (exact) mass is 410 g/mol. The summed E-state index contributed by atoms with van der Waals surface area (Å²) < 4.78 is 11.2. The molecule has 5 rings (SSSR count). The van der Waals surface area contributed by atoms with Crippen molar-refractivity contribution < 1.29 is 14.3 Å². The summed E-state index contributed by atoms with van der Waals surface area (Å²) in [7, 11) is 1.40. The van der Waals surface area contributed by atoms with Crippen LogP contribution >= 0.6 is 0 Å². The van der Waals surface area contributed by atoms with Crippen molar-refractivity contribution in [2.75, 3.05) is 20.3 Å². The van der Waals surface area contributed by atoms with Crippen LogP contribution in [0.1, 0.15) is 29.0 Å². The van der Waals surface area contributed by atoms with Gasteiger partial charge in [0.05, 0.1) is 31.8 Å². The molecule has 2 aliphatic carbocycles. The standard InChI is InChI=1S/C26H22N2O3/c1-30-24(29)23-20-13-18-9-5-6-10-19(18)25(15-27,16-28)26(20)11-12-31-14-21(26)22(23)17-7-3-2-4-8-17/h2-10,13,21-23H,11-12,14H2,1H3/t21-,22-,23-,26?/m1/s1. The van der Waals surface area contributed by atoms with Crippen molar-refractivity contribution in [3.8, 4) is 12.1 Å². The van der Waals surface area contributed by atoms with Crippen LogP contribution in [0.15, 0.2) is 60.2 Å². The van der Waals surface area contributed by atoms with Crippen LogP contribution in [0.3, 0.4) is 0 Å². The summed E-state index contributed by atoms with van der Waals surface area (Å²) in [5, 5.41) is 21.1. The molecule has 5 nitrogen and oxygen atoms in total. The predicted octanol–water partition coefficient (Wildman–Crippen LogP) is 3.98. The Balaban J connectivity index is 1.87. The van der Waals surface area contributed by atoms with Crippen LogP contribution in [0.5, 0.6) is 0 Å². The Hall–Kier alpha value is -3.41. The van der Waals surface area contributed by atoms with Gasteiger partial charge in [-0.05, 0) is 28.7 Å². The Kier molecular flexibility index (Phi) is 4.46. The molecule has 31 heavy (non-hydrogen) atoms. The van der Waals surface area contributed by atoms with E-state index in [9.17, 15) is 15.3 Å². The van der Waals surface area contributed by atoms with Crippen molar-refractivity contribution in [2.24, 2.45) is 17.3 Å². The molecule has 2 aromatic carbocycles. The average Bonchev–Trinajstić information content (AvgIpc) is 3.14. The lowest BCUT2D eigenvalue weighted by Crippen LogP contribution is -2.53. The first-order valence-electron chi connectivity index (χ1n) is 10.5. The molecule has 1 spiro atoms. The highest BCUT2D eigenvalue weighted by Crippen LogP contribution is 2.70. The van der Waals surface area contributed by atoms with Gasteiger partial charge < -0.3 is 9.47 Å². The molecular weight excluding hydrogens is 388 g/mol. The number of nitriles is 2.